The number of aliphatic hydroxyl groups excluding tert-OH is 1. The molecule has 0 saturated carbocycles. The molecule has 3 aromatic rings. The molecule has 0 aliphatic rings. The number of halogens is 2. The van der Waals surface area contributed by atoms with Crippen LogP contribution in [-0.2, 0) is 13.1 Å². The molecule has 0 aliphatic carbocycles. The van der Waals surface area contributed by atoms with Crippen LogP contribution in [0, 0.1) is 0 Å². The lowest BCUT2D eigenvalue weighted by molar-refractivity contribution is 0.0958. The first-order chi connectivity index (χ1) is 13.1. The van der Waals surface area contributed by atoms with Crippen molar-refractivity contribution < 1.29 is 9.63 Å². The summed E-state index contributed by atoms with van der Waals surface area (Å²) in [5.41, 5.74) is 1.75. The number of hydrogen-bond acceptors (Lipinski definition) is 6. The van der Waals surface area contributed by atoms with E-state index in [1.165, 1.54) is 0 Å². The molecule has 2 heterocycles. The SMILES string of the molecule is CC[C@@H](CO)N(Cc1nc(-c2ccncc2)no1)Cc1ccc(Cl)cc1Cl. The average Bonchev–Trinajstić information content (AvgIpc) is 3.14. The Hall–Kier alpha value is -1.99. The quantitative estimate of drug-likeness (QED) is 0.603. The van der Waals surface area contributed by atoms with Crippen LogP contribution in [0.25, 0.3) is 11.4 Å². The fraction of sp³-hybridized carbons (Fsp3) is 0.316. The first-order valence-electron chi connectivity index (χ1n) is 8.62. The molecule has 3 rings (SSSR count). The Labute approximate surface area is 167 Å². The molecule has 1 aromatic carbocycles. The third-order valence-electron chi connectivity index (χ3n) is 4.33. The van der Waals surface area contributed by atoms with Crippen molar-refractivity contribution in [2.24, 2.45) is 0 Å². The lowest BCUT2D eigenvalue weighted by atomic mass is 10.1. The van der Waals surface area contributed by atoms with Gasteiger partial charge in [0.15, 0.2) is 0 Å². The molecule has 0 spiro atoms. The van der Waals surface area contributed by atoms with Crippen LogP contribution >= 0.6 is 23.2 Å². The molecule has 2 aromatic heterocycles. The van der Waals surface area contributed by atoms with Gasteiger partial charge in [-0.2, -0.15) is 4.98 Å². The van der Waals surface area contributed by atoms with E-state index < -0.39 is 0 Å². The van der Waals surface area contributed by atoms with Gasteiger partial charge in [-0.05, 0) is 36.2 Å². The van der Waals surface area contributed by atoms with Crippen molar-refractivity contribution in [2.45, 2.75) is 32.5 Å². The predicted octanol–water partition coefficient (Wildman–Crippen LogP) is 4.21. The van der Waals surface area contributed by atoms with E-state index in [0.29, 0.717) is 34.8 Å². The molecule has 0 radical (unpaired) electrons. The van der Waals surface area contributed by atoms with Crippen LogP contribution in [-0.4, -0.2) is 37.8 Å². The van der Waals surface area contributed by atoms with E-state index in [9.17, 15) is 5.11 Å². The number of nitrogens with zero attached hydrogens (tertiary/aromatic N) is 4. The molecule has 0 bridgehead atoms. The Morgan fingerprint density at radius 2 is 1.93 bits per heavy atom. The van der Waals surface area contributed by atoms with Gasteiger partial charge < -0.3 is 9.63 Å². The first-order valence-corrected chi connectivity index (χ1v) is 9.38. The topological polar surface area (TPSA) is 75.3 Å². The van der Waals surface area contributed by atoms with E-state index in [1.54, 1.807) is 24.5 Å². The second-order valence-electron chi connectivity index (χ2n) is 6.13. The van der Waals surface area contributed by atoms with Crippen LogP contribution < -0.4 is 0 Å². The van der Waals surface area contributed by atoms with Crippen LogP contribution in [0.4, 0.5) is 0 Å². The smallest absolute Gasteiger partial charge is 0.241 e. The number of benzene rings is 1. The molecule has 0 amide bonds. The maximum absolute atomic E-state index is 9.78. The van der Waals surface area contributed by atoms with Gasteiger partial charge in [0, 0.05) is 40.6 Å². The van der Waals surface area contributed by atoms with Gasteiger partial charge in [0.2, 0.25) is 11.7 Å². The summed E-state index contributed by atoms with van der Waals surface area (Å²) in [6.07, 6.45) is 4.13. The van der Waals surface area contributed by atoms with Crippen molar-refractivity contribution in [2.75, 3.05) is 6.61 Å². The fourth-order valence-electron chi connectivity index (χ4n) is 2.80. The molecule has 0 fully saturated rings. The van der Waals surface area contributed by atoms with Crippen molar-refractivity contribution in [3.05, 3.63) is 64.2 Å². The molecule has 0 aliphatic heterocycles. The molecular formula is C19H20Cl2N4O2. The van der Waals surface area contributed by atoms with Gasteiger partial charge in [0.25, 0.3) is 0 Å². The van der Waals surface area contributed by atoms with E-state index in [-0.39, 0.29) is 12.6 Å². The Bertz CT molecular complexity index is 869. The predicted molar refractivity (Wildman–Crippen MR) is 104 cm³/mol. The van der Waals surface area contributed by atoms with E-state index in [1.807, 2.05) is 25.1 Å². The number of pyridine rings is 1. The highest BCUT2D eigenvalue weighted by Crippen LogP contribution is 2.24. The van der Waals surface area contributed by atoms with Gasteiger partial charge >= 0.3 is 0 Å². The van der Waals surface area contributed by atoms with Crippen molar-refractivity contribution in [3.63, 3.8) is 0 Å². The van der Waals surface area contributed by atoms with Gasteiger partial charge in [-0.15, -0.1) is 0 Å². The summed E-state index contributed by atoms with van der Waals surface area (Å²) < 4.78 is 5.42. The molecule has 1 N–H and O–H groups in total. The van der Waals surface area contributed by atoms with Crippen LogP contribution in [0.1, 0.15) is 24.8 Å². The summed E-state index contributed by atoms with van der Waals surface area (Å²) >= 11 is 12.3. The summed E-state index contributed by atoms with van der Waals surface area (Å²) in [5.74, 6) is 0.979. The summed E-state index contributed by atoms with van der Waals surface area (Å²) in [4.78, 5) is 10.5. The molecule has 6 nitrogen and oxygen atoms in total. The number of rotatable bonds is 8. The van der Waals surface area contributed by atoms with Crippen LogP contribution in [0.2, 0.25) is 10.0 Å². The van der Waals surface area contributed by atoms with Crippen molar-refractivity contribution in [3.8, 4) is 11.4 Å². The molecule has 0 unspecified atom stereocenters. The zero-order chi connectivity index (χ0) is 19.2. The number of aliphatic hydroxyl groups is 1. The minimum Gasteiger partial charge on any atom is -0.395 e. The molecular weight excluding hydrogens is 387 g/mol. The fourth-order valence-corrected chi connectivity index (χ4v) is 3.26. The Morgan fingerprint density at radius 3 is 2.59 bits per heavy atom. The van der Waals surface area contributed by atoms with E-state index >= 15 is 0 Å². The van der Waals surface area contributed by atoms with E-state index in [2.05, 4.69) is 20.0 Å². The number of aromatic nitrogens is 3. The Kier molecular flexibility index (Phi) is 6.79. The van der Waals surface area contributed by atoms with Crippen LogP contribution in [0.15, 0.2) is 47.2 Å². The largest absolute Gasteiger partial charge is 0.395 e. The van der Waals surface area contributed by atoms with E-state index in [0.717, 1.165) is 17.5 Å². The Balaban J connectivity index is 1.80. The molecule has 142 valence electrons. The Morgan fingerprint density at radius 1 is 1.15 bits per heavy atom. The molecule has 1 atom stereocenters. The van der Waals surface area contributed by atoms with Gasteiger partial charge in [0.05, 0.1) is 13.2 Å². The highest BCUT2D eigenvalue weighted by atomic mass is 35.5. The normalized spacial score (nSPS) is 12.5. The highest BCUT2D eigenvalue weighted by Gasteiger charge is 2.21. The second kappa shape index (κ2) is 9.28. The third kappa shape index (κ3) is 5.05. The standard InChI is InChI=1S/C19H20Cl2N4O2/c1-2-16(12-26)25(10-14-3-4-15(20)9-17(14)21)11-18-23-19(24-27-18)13-5-7-22-8-6-13/h3-9,16,26H,2,10-12H2,1H3/t16-/m0/s1. The maximum Gasteiger partial charge on any atom is 0.241 e. The van der Waals surface area contributed by atoms with Crippen LogP contribution in [0.3, 0.4) is 0 Å². The van der Waals surface area contributed by atoms with Crippen molar-refractivity contribution >= 4 is 23.2 Å². The molecule has 8 heteroatoms. The van der Waals surface area contributed by atoms with E-state index in [4.69, 9.17) is 27.7 Å². The maximum atomic E-state index is 9.78. The monoisotopic (exact) mass is 406 g/mol. The zero-order valence-corrected chi connectivity index (χ0v) is 16.4. The lowest BCUT2D eigenvalue weighted by Crippen LogP contribution is -2.36. The number of hydrogen-bond donors (Lipinski definition) is 1. The van der Waals surface area contributed by atoms with Gasteiger partial charge in [0.1, 0.15) is 0 Å². The minimum atomic E-state index is -0.0620. The minimum absolute atomic E-state index is 0.0209. The summed E-state index contributed by atoms with van der Waals surface area (Å²) in [6, 6.07) is 8.98. The third-order valence-corrected chi connectivity index (χ3v) is 4.92. The van der Waals surface area contributed by atoms with Crippen molar-refractivity contribution in [1.29, 1.82) is 0 Å². The second-order valence-corrected chi connectivity index (χ2v) is 6.98. The molecule has 27 heavy (non-hydrogen) atoms. The highest BCUT2D eigenvalue weighted by molar-refractivity contribution is 6.35. The summed E-state index contributed by atoms with van der Waals surface area (Å²) in [6.45, 7) is 2.97. The average molecular weight is 407 g/mol. The van der Waals surface area contributed by atoms with Gasteiger partial charge in [-0.25, -0.2) is 0 Å². The van der Waals surface area contributed by atoms with Crippen LogP contribution in [0.5, 0.6) is 0 Å². The van der Waals surface area contributed by atoms with Crippen molar-refractivity contribution in [1.82, 2.24) is 20.0 Å². The van der Waals surface area contributed by atoms with Gasteiger partial charge in [-0.3, -0.25) is 9.88 Å². The molecule has 0 saturated heterocycles. The zero-order valence-electron chi connectivity index (χ0n) is 14.8. The lowest BCUT2D eigenvalue weighted by Gasteiger charge is -2.28. The first kappa shape index (κ1) is 19.8. The summed E-state index contributed by atoms with van der Waals surface area (Å²) in [5, 5.41) is 15.0. The summed E-state index contributed by atoms with van der Waals surface area (Å²) in [7, 11) is 0. The van der Waals surface area contributed by atoms with Gasteiger partial charge in [-0.1, -0.05) is 41.3 Å².